The van der Waals surface area contributed by atoms with Gasteiger partial charge in [-0.05, 0) is 12.8 Å². The van der Waals surface area contributed by atoms with Crippen molar-refractivity contribution in [3.63, 3.8) is 0 Å². The van der Waals surface area contributed by atoms with E-state index >= 15 is 0 Å². The number of rotatable bonds is 2. The highest BCUT2D eigenvalue weighted by Gasteiger charge is 2.28. The van der Waals surface area contributed by atoms with E-state index in [4.69, 9.17) is 9.47 Å². The first kappa shape index (κ1) is 10.5. The van der Waals surface area contributed by atoms with Crippen LogP contribution in [0.2, 0.25) is 0 Å². The maximum Gasteiger partial charge on any atom is 0.304 e. The molecule has 1 rings (SSSR count). The molecule has 1 heterocycles. The molecule has 1 aliphatic heterocycles. The lowest BCUT2D eigenvalue weighted by atomic mass is 10.0. The highest BCUT2D eigenvalue weighted by molar-refractivity contribution is 5.66. The molecular weight excluding hydrogens is 172 g/mol. The fourth-order valence-corrected chi connectivity index (χ4v) is 1.47. The Morgan fingerprint density at radius 1 is 1.62 bits per heavy atom. The van der Waals surface area contributed by atoms with Crippen molar-refractivity contribution < 1.29 is 19.4 Å². The first-order valence-corrected chi connectivity index (χ1v) is 4.62. The molecule has 1 aliphatic rings. The van der Waals surface area contributed by atoms with Crippen molar-refractivity contribution in [1.29, 1.82) is 0 Å². The molecule has 0 aromatic carbocycles. The van der Waals surface area contributed by atoms with Gasteiger partial charge in [-0.25, -0.2) is 0 Å². The van der Waals surface area contributed by atoms with E-state index in [9.17, 15) is 9.90 Å². The van der Waals surface area contributed by atoms with E-state index in [1.165, 1.54) is 6.92 Å². The van der Waals surface area contributed by atoms with Crippen LogP contribution in [0.25, 0.3) is 0 Å². The fourth-order valence-electron chi connectivity index (χ4n) is 1.47. The van der Waals surface area contributed by atoms with E-state index in [0.717, 1.165) is 6.42 Å². The number of hydrogen-bond acceptors (Lipinski definition) is 4. The van der Waals surface area contributed by atoms with Crippen LogP contribution in [0.3, 0.4) is 0 Å². The number of hydrogen-bond donors (Lipinski definition) is 1. The lowest BCUT2D eigenvalue weighted by molar-refractivity contribution is -0.214. The smallest absolute Gasteiger partial charge is 0.304 e. The van der Waals surface area contributed by atoms with Gasteiger partial charge in [-0.15, -0.1) is 0 Å². The topological polar surface area (TPSA) is 55.8 Å². The van der Waals surface area contributed by atoms with E-state index in [1.54, 1.807) is 0 Å². The van der Waals surface area contributed by atoms with Gasteiger partial charge in [0.05, 0.1) is 12.2 Å². The van der Waals surface area contributed by atoms with Gasteiger partial charge < -0.3 is 14.6 Å². The summed E-state index contributed by atoms with van der Waals surface area (Å²) in [6.07, 6.45) is 0.876. The van der Waals surface area contributed by atoms with E-state index < -0.39 is 12.4 Å². The zero-order chi connectivity index (χ0) is 9.84. The average molecular weight is 188 g/mol. The second-order valence-corrected chi connectivity index (χ2v) is 3.33. The first-order valence-electron chi connectivity index (χ1n) is 4.62. The van der Waals surface area contributed by atoms with Gasteiger partial charge in [-0.2, -0.15) is 0 Å². The third-order valence-corrected chi connectivity index (χ3v) is 2.10. The van der Waals surface area contributed by atoms with Crippen molar-refractivity contribution in [2.24, 2.45) is 0 Å². The molecule has 0 amide bonds. The quantitative estimate of drug-likeness (QED) is 0.652. The predicted octanol–water partition coefficient (Wildman–Crippen LogP) is 0.825. The van der Waals surface area contributed by atoms with Crippen LogP contribution >= 0.6 is 0 Å². The van der Waals surface area contributed by atoms with E-state index in [2.05, 4.69) is 0 Å². The van der Waals surface area contributed by atoms with Crippen molar-refractivity contribution in [2.45, 2.75) is 51.6 Å². The van der Waals surface area contributed by atoms with Gasteiger partial charge in [0.2, 0.25) is 6.29 Å². The summed E-state index contributed by atoms with van der Waals surface area (Å²) >= 11 is 0. The minimum Gasteiger partial charge on any atom is -0.436 e. The van der Waals surface area contributed by atoms with Crippen molar-refractivity contribution in [2.75, 3.05) is 0 Å². The van der Waals surface area contributed by atoms with Gasteiger partial charge in [0.15, 0.2) is 0 Å². The second-order valence-electron chi connectivity index (χ2n) is 3.33. The monoisotopic (exact) mass is 188 g/mol. The summed E-state index contributed by atoms with van der Waals surface area (Å²) in [4.78, 5) is 10.6. The normalized spacial score (nSPS) is 34.2. The molecule has 0 spiro atoms. The Morgan fingerprint density at radius 2 is 2.31 bits per heavy atom. The van der Waals surface area contributed by atoms with E-state index in [0.29, 0.717) is 12.8 Å². The summed E-state index contributed by atoms with van der Waals surface area (Å²) in [7, 11) is 0. The summed E-state index contributed by atoms with van der Waals surface area (Å²) in [6.45, 7) is 3.32. The molecule has 0 aliphatic carbocycles. The van der Waals surface area contributed by atoms with Crippen molar-refractivity contribution in [1.82, 2.24) is 0 Å². The molecule has 0 saturated carbocycles. The fraction of sp³-hybridized carbons (Fsp3) is 0.889. The largest absolute Gasteiger partial charge is 0.436 e. The molecule has 4 heteroatoms. The maximum atomic E-state index is 10.6. The molecule has 13 heavy (non-hydrogen) atoms. The standard InChI is InChI=1S/C9H16O4/c1-3-8-4-7(11)5-9(13-8)12-6(2)10/h7-9,11H,3-5H2,1-2H3. The molecule has 1 N–H and O–H groups in total. The van der Waals surface area contributed by atoms with Gasteiger partial charge in [0.1, 0.15) is 0 Å². The first-order chi connectivity index (χ1) is 6.11. The van der Waals surface area contributed by atoms with Gasteiger partial charge in [0.25, 0.3) is 0 Å². The number of aliphatic hydroxyl groups is 1. The van der Waals surface area contributed by atoms with Crippen LogP contribution in [0.15, 0.2) is 0 Å². The lowest BCUT2D eigenvalue weighted by Crippen LogP contribution is -2.37. The molecule has 3 unspecified atom stereocenters. The average Bonchev–Trinajstić information content (AvgIpc) is 2.01. The van der Waals surface area contributed by atoms with Gasteiger partial charge in [-0.3, -0.25) is 4.79 Å². The molecule has 0 bridgehead atoms. The molecular formula is C9H16O4. The molecule has 1 fully saturated rings. The SMILES string of the molecule is CCC1CC(O)CC(OC(C)=O)O1. The van der Waals surface area contributed by atoms with Crippen molar-refractivity contribution in [3.8, 4) is 0 Å². The summed E-state index contributed by atoms with van der Waals surface area (Å²) in [5, 5.41) is 9.42. The molecule has 0 aromatic rings. The summed E-state index contributed by atoms with van der Waals surface area (Å²) in [6, 6.07) is 0. The Labute approximate surface area is 77.8 Å². The van der Waals surface area contributed by atoms with Crippen LogP contribution in [0.1, 0.15) is 33.1 Å². The Bertz CT molecular complexity index is 180. The van der Waals surface area contributed by atoms with E-state index in [-0.39, 0.29) is 12.1 Å². The van der Waals surface area contributed by atoms with Crippen molar-refractivity contribution in [3.05, 3.63) is 0 Å². The lowest BCUT2D eigenvalue weighted by Gasteiger charge is -2.31. The third kappa shape index (κ3) is 3.32. The minimum atomic E-state index is -0.564. The molecule has 76 valence electrons. The number of ether oxygens (including phenoxy) is 2. The Morgan fingerprint density at radius 3 is 2.85 bits per heavy atom. The predicted molar refractivity (Wildman–Crippen MR) is 46.0 cm³/mol. The molecule has 1 saturated heterocycles. The van der Waals surface area contributed by atoms with Crippen LogP contribution in [-0.2, 0) is 14.3 Å². The number of carbonyl (C=O) groups excluding carboxylic acids is 1. The third-order valence-electron chi connectivity index (χ3n) is 2.10. The summed E-state index contributed by atoms with van der Waals surface area (Å²) in [5.41, 5.74) is 0. The number of aliphatic hydroxyl groups excluding tert-OH is 1. The Kier molecular flexibility index (Phi) is 3.69. The zero-order valence-corrected chi connectivity index (χ0v) is 8.03. The highest BCUT2D eigenvalue weighted by atomic mass is 16.7. The molecule has 0 radical (unpaired) electrons. The molecule has 0 aromatic heterocycles. The van der Waals surface area contributed by atoms with Gasteiger partial charge >= 0.3 is 5.97 Å². The molecule has 4 nitrogen and oxygen atoms in total. The zero-order valence-electron chi connectivity index (χ0n) is 8.03. The second kappa shape index (κ2) is 4.58. The van der Waals surface area contributed by atoms with Crippen molar-refractivity contribution >= 4 is 5.97 Å². The van der Waals surface area contributed by atoms with E-state index in [1.807, 2.05) is 6.92 Å². The van der Waals surface area contributed by atoms with Crippen LogP contribution in [0.4, 0.5) is 0 Å². The number of esters is 1. The van der Waals surface area contributed by atoms with Gasteiger partial charge in [-0.1, -0.05) is 6.92 Å². The molecule has 3 atom stereocenters. The number of carbonyl (C=O) groups is 1. The van der Waals surface area contributed by atoms with Crippen LogP contribution in [0.5, 0.6) is 0 Å². The summed E-state index contributed by atoms with van der Waals surface area (Å²) < 4.78 is 10.3. The van der Waals surface area contributed by atoms with Crippen LogP contribution in [-0.4, -0.2) is 29.6 Å². The maximum absolute atomic E-state index is 10.6. The highest BCUT2D eigenvalue weighted by Crippen LogP contribution is 2.22. The van der Waals surface area contributed by atoms with Gasteiger partial charge in [0, 0.05) is 13.3 Å². The van der Waals surface area contributed by atoms with Crippen LogP contribution in [0, 0.1) is 0 Å². The minimum absolute atomic E-state index is 0.00750. The Hall–Kier alpha value is -0.610. The Balaban J connectivity index is 2.42. The van der Waals surface area contributed by atoms with Crippen LogP contribution < -0.4 is 0 Å². The summed E-state index contributed by atoms with van der Waals surface area (Å²) in [5.74, 6) is -0.367.